The molecule has 0 saturated carbocycles. The van der Waals surface area contributed by atoms with Crippen LogP contribution >= 0.6 is 23.1 Å². The van der Waals surface area contributed by atoms with Gasteiger partial charge in [0.1, 0.15) is 5.82 Å². The van der Waals surface area contributed by atoms with Gasteiger partial charge < -0.3 is 11.1 Å². The summed E-state index contributed by atoms with van der Waals surface area (Å²) in [6, 6.07) is 2.52. The van der Waals surface area contributed by atoms with Gasteiger partial charge in [0.25, 0.3) is 0 Å². The lowest BCUT2D eigenvalue weighted by Crippen LogP contribution is -2.36. The van der Waals surface area contributed by atoms with Gasteiger partial charge in [0.05, 0.1) is 16.3 Å². The summed E-state index contributed by atoms with van der Waals surface area (Å²) in [4.78, 5) is 16.2. The first-order valence-electron chi connectivity index (χ1n) is 6.14. The van der Waals surface area contributed by atoms with E-state index in [4.69, 9.17) is 5.73 Å². The van der Waals surface area contributed by atoms with E-state index in [1.165, 1.54) is 17.4 Å². The molecule has 2 aromatic rings. The number of hydrogen-bond donors (Lipinski definition) is 2. The molecule has 1 aromatic heterocycles. The van der Waals surface area contributed by atoms with E-state index in [-0.39, 0.29) is 11.7 Å². The number of aryl methyl sites for hydroxylation is 1. The maximum Gasteiger partial charge on any atom is 0.243 e. The number of anilines is 1. The van der Waals surface area contributed by atoms with E-state index in [0.717, 1.165) is 10.5 Å². The van der Waals surface area contributed by atoms with E-state index in [1.807, 2.05) is 6.26 Å². The topological polar surface area (TPSA) is 68.0 Å². The summed E-state index contributed by atoms with van der Waals surface area (Å²) in [5.74, 6) is 0.284. The smallest absolute Gasteiger partial charge is 0.243 e. The number of carbonyl (C=O) groups excluding carboxylic acids is 1. The zero-order chi connectivity index (χ0) is 14.7. The van der Waals surface area contributed by atoms with Crippen LogP contribution in [0.2, 0.25) is 0 Å². The van der Waals surface area contributed by atoms with Gasteiger partial charge in [0, 0.05) is 5.56 Å². The molecule has 0 saturated heterocycles. The SMILES string of the molecule is CSCC[C@H](N)C(=O)Nc1nc2c(C)c(F)ccc2s1. The first-order valence-corrected chi connectivity index (χ1v) is 8.35. The Labute approximate surface area is 125 Å². The van der Waals surface area contributed by atoms with Crippen LogP contribution in [-0.2, 0) is 4.79 Å². The third kappa shape index (κ3) is 3.28. The van der Waals surface area contributed by atoms with Crippen molar-refractivity contribution in [1.82, 2.24) is 4.98 Å². The van der Waals surface area contributed by atoms with Gasteiger partial charge in [-0.2, -0.15) is 11.8 Å². The Bertz CT molecular complexity index is 629. The van der Waals surface area contributed by atoms with Crippen LogP contribution < -0.4 is 11.1 Å². The van der Waals surface area contributed by atoms with Crippen molar-refractivity contribution in [2.24, 2.45) is 5.73 Å². The molecule has 1 heterocycles. The van der Waals surface area contributed by atoms with Gasteiger partial charge in [0.15, 0.2) is 5.13 Å². The average molecular weight is 313 g/mol. The number of halogens is 1. The van der Waals surface area contributed by atoms with Crippen molar-refractivity contribution in [3.05, 3.63) is 23.5 Å². The van der Waals surface area contributed by atoms with Crippen LogP contribution in [0.15, 0.2) is 12.1 Å². The maximum absolute atomic E-state index is 13.4. The van der Waals surface area contributed by atoms with Crippen LogP contribution in [0, 0.1) is 12.7 Å². The zero-order valence-electron chi connectivity index (χ0n) is 11.3. The van der Waals surface area contributed by atoms with Crippen LogP contribution in [0.25, 0.3) is 10.2 Å². The summed E-state index contributed by atoms with van der Waals surface area (Å²) < 4.78 is 14.3. The Kier molecular flexibility index (Phi) is 4.95. The predicted octanol–water partition coefficient (Wildman–Crippen LogP) is 2.76. The van der Waals surface area contributed by atoms with Gasteiger partial charge in [-0.15, -0.1) is 0 Å². The second kappa shape index (κ2) is 6.51. The van der Waals surface area contributed by atoms with Crippen molar-refractivity contribution in [3.8, 4) is 0 Å². The molecule has 0 aliphatic heterocycles. The average Bonchev–Trinajstić information content (AvgIpc) is 2.83. The number of hydrogen-bond acceptors (Lipinski definition) is 5. The van der Waals surface area contributed by atoms with Gasteiger partial charge in [-0.3, -0.25) is 4.79 Å². The van der Waals surface area contributed by atoms with Crippen molar-refractivity contribution in [3.63, 3.8) is 0 Å². The third-order valence-electron chi connectivity index (χ3n) is 2.95. The second-order valence-corrected chi connectivity index (χ2v) is 6.43. The van der Waals surface area contributed by atoms with Crippen molar-refractivity contribution >= 4 is 44.4 Å². The standard InChI is InChI=1S/C13H16FN3OS2/c1-7-8(14)3-4-10-11(7)16-13(20-10)17-12(18)9(15)5-6-19-2/h3-4,9H,5-6,15H2,1-2H3,(H,16,17,18)/t9-/m0/s1. The molecule has 3 N–H and O–H groups in total. The van der Waals surface area contributed by atoms with Crippen LogP contribution in [0.1, 0.15) is 12.0 Å². The number of thioether (sulfide) groups is 1. The largest absolute Gasteiger partial charge is 0.320 e. The lowest BCUT2D eigenvalue weighted by Gasteiger charge is -2.09. The number of nitrogens with two attached hydrogens (primary N) is 1. The number of rotatable bonds is 5. The van der Waals surface area contributed by atoms with Crippen LogP contribution in [-0.4, -0.2) is 28.9 Å². The number of carbonyl (C=O) groups is 1. The third-order valence-corrected chi connectivity index (χ3v) is 4.53. The van der Waals surface area contributed by atoms with Gasteiger partial charge in [-0.05, 0) is 37.5 Å². The minimum Gasteiger partial charge on any atom is -0.320 e. The van der Waals surface area contributed by atoms with Crippen molar-refractivity contribution in [2.45, 2.75) is 19.4 Å². The van der Waals surface area contributed by atoms with Gasteiger partial charge in [-0.25, -0.2) is 9.37 Å². The molecule has 1 atom stereocenters. The zero-order valence-corrected chi connectivity index (χ0v) is 12.9. The Morgan fingerprint density at radius 3 is 3.05 bits per heavy atom. The lowest BCUT2D eigenvalue weighted by molar-refractivity contribution is -0.117. The minimum absolute atomic E-state index is 0.253. The summed E-state index contributed by atoms with van der Waals surface area (Å²) >= 11 is 2.97. The highest BCUT2D eigenvalue weighted by Gasteiger charge is 2.16. The molecule has 0 radical (unpaired) electrons. The van der Waals surface area contributed by atoms with Gasteiger partial charge >= 0.3 is 0 Å². The highest BCUT2D eigenvalue weighted by Crippen LogP contribution is 2.29. The summed E-state index contributed by atoms with van der Waals surface area (Å²) in [6.07, 6.45) is 2.58. The molecule has 0 fully saturated rings. The number of amides is 1. The van der Waals surface area contributed by atoms with Gasteiger partial charge in [-0.1, -0.05) is 11.3 Å². The number of nitrogens with one attached hydrogen (secondary N) is 1. The number of benzene rings is 1. The quantitative estimate of drug-likeness (QED) is 0.890. The number of thiazole rings is 1. The molecular formula is C13H16FN3OS2. The molecule has 1 amide bonds. The normalized spacial score (nSPS) is 12.6. The molecule has 0 spiro atoms. The molecule has 108 valence electrons. The summed E-state index contributed by atoms with van der Waals surface area (Å²) in [5, 5.41) is 3.16. The Balaban J connectivity index is 2.14. The van der Waals surface area contributed by atoms with E-state index >= 15 is 0 Å². The van der Waals surface area contributed by atoms with Crippen molar-refractivity contribution < 1.29 is 9.18 Å². The molecule has 20 heavy (non-hydrogen) atoms. The molecule has 0 unspecified atom stereocenters. The van der Waals surface area contributed by atoms with Crippen molar-refractivity contribution in [1.29, 1.82) is 0 Å². The predicted molar refractivity (Wildman–Crippen MR) is 83.9 cm³/mol. The molecule has 4 nitrogen and oxygen atoms in total. The highest BCUT2D eigenvalue weighted by atomic mass is 32.2. The molecule has 2 rings (SSSR count). The molecule has 0 bridgehead atoms. The molecule has 0 aliphatic rings. The Hall–Kier alpha value is -1.18. The van der Waals surface area contributed by atoms with Crippen LogP contribution in [0.5, 0.6) is 0 Å². The summed E-state index contributed by atoms with van der Waals surface area (Å²) in [7, 11) is 0. The van der Waals surface area contributed by atoms with E-state index in [0.29, 0.717) is 22.6 Å². The van der Waals surface area contributed by atoms with Crippen LogP contribution in [0.4, 0.5) is 9.52 Å². The fourth-order valence-electron chi connectivity index (χ4n) is 1.73. The van der Waals surface area contributed by atoms with E-state index in [2.05, 4.69) is 10.3 Å². The fraction of sp³-hybridized carbons (Fsp3) is 0.385. The first-order chi connectivity index (χ1) is 9.52. The minimum atomic E-state index is -0.549. The number of nitrogens with zero attached hydrogens (tertiary/aromatic N) is 1. The Morgan fingerprint density at radius 1 is 1.60 bits per heavy atom. The summed E-state index contributed by atoms with van der Waals surface area (Å²) in [6.45, 7) is 1.67. The first kappa shape index (κ1) is 15.2. The fourth-order valence-corrected chi connectivity index (χ4v) is 3.15. The summed E-state index contributed by atoms with van der Waals surface area (Å²) in [5.41, 5.74) is 6.87. The number of aromatic nitrogens is 1. The van der Waals surface area contributed by atoms with Gasteiger partial charge in [0.2, 0.25) is 5.91 Å². The van der Waals surface area contributed by atoms with E-state index in [1.54, 1.807) is 24.8 Å². The molecule has 7 heteroatoms. The van der Waals surface area contributed by atoms with E-state index in [9.17, 15) is 9.18 Å². The van der Waals surface area contributed by atoms with Crippen molar-refractivity contribution in [2.75, 3.05) is 17.3 Å². The Morgan fingerprint density at radius 2 is 2.35 bits per heavy atom. The van der Waals surface area contributed by atoms with Crippen LogP contribution in [0.3, 0.4) is 0 Å². The maximum atomic E-state index is 13.4. The highest BCUT2D eigenvalue weighted by molar-refractivity contribution is 7.98. The monoisotopic (exact) mass is 313 g/mol. The second-order valence-electron chi connectivity index (χ2n) is 4.42. The lowest BCUT2D eigenvalue weighted by atomic mass is 10.2. The van der Waals surface area contributed by atoms with E-state index < -0.39 is 6.04 Å². The molecule has 1 aromatic carbocycles. The molecule has 0 aliphatic carbocycles. The number of fused-ring (bicyclic) bond motifs is 1. The molecular weight excluding hydrogens is 297 g/mol.